The molecule has 2 N–H and O–H groups in total. The van der Waals surface area contributed by atoms with E-state index >= 15 is 0 Å². The first kappa shape index (κ1) is 14.3. The molecule has 19 heavy (non-hydrogen) atoms. The van der Waals surface area contributed by atoms with Gasteiger partial charge in [0.05, 0.1) is 0 Å². The maximum atomic E-state index is 11.7. The molecule has 0 aliphatic rings. The molecule has 0 bridgehead atoms. The Labute approximate surface area is 134 Å². The van der Waals surface area contributed by atoms with E-state index in [9.17, 15) is 4.79 Å². The van der Waals surface area contributed by atoms with Gasteiger partial charge in [0.25, 0.3) is 0 Å². The summed E-state index contributed by atoms with van der Waals surface area (Å²) in [7, 11) is 0. The van der Waals surface area contributed by atoms with Gasteiger partial charge < -0.3 is 10.6 Å². The highest BCUT2D eigenvalue weighted by atomic mass is 127. The number of urea groups is 1. The smallest absolute Gasteiger partial charge is 0.319 e. The molecule has 3 nitrogen and oxygen atoms in total. The monoisotopic (exact) mass is 430 g/mol. The van der Waals surface area contributed by atoms with Crippen molar-refractivity contribution in [3.63, 3.8) is 0 Å². The van der Waals surface area contributed by atoms with Gasteiger partial charge in [-0.3, -0.25) is 0 Å². The molecule has 0 spiro atoms. The zero-order valence-electron chi connectivity index (χ0n) is 9.99. The summed E-state index contributed by atoms with van der Waals surface area (Å²) in [5, 5.41) is 5.61. The number of carbonyl (C=O) groups is 1. The summed E-state index contributed by atoms with van der Waals surface area (Å²) in [6.07, 6.45) is 0. The van der Waals surface area contributed by atoms with Crippen molar-refractivity contribution in [3.05, 3.63) is 62.1 Å². The summed E-state index contributed by atoms with van der Waals surface area (Å²) >= 11 is 5.67. The Kier molecular flexibility index (Phi) is 5.21. The molecule has 98 valence electrons. The molecule has 0 saturated heterocycles. The molecule has 0 aromatic heterocycles. The van der Waals surface area contributed by atoms with Gasteiger partial charge in [0.2, 0.25) is 0 Å². The highest BCUT2D eigenvalue weighted by molar-refractivity contribution is 14.1. The zero-order valence-corrected chi connectivity index (χ0v) is 13.7. The molecule has 0 aliphatic heterocycles. The zero-order chi connectivity index (χ0) is 13.7. The SMILES string of the molecule is O=C(NCc1ccccc1Br)Nc1ccc(I)cc1. The number of amides is 2. The molecule has 2 rings (SSSR count). The maximum absolute atomic E-state index is 11.7. The minimum atomic E-state index is -0.211. The molecule has 0 saturated carbocycles. The van der Waals surface area contributed by atoms with Crippen molar-refractivity contribution < 1.29 is 4.79 Å². The second-order valence-corrected chi connectivity index (χ2v) is 6.01. The lowest BCUT2D eigenvalue weighted by atomic mass is 10.2. The first-order valence-corrected chi connectivity index (χ1v) is 7.56. The predicted octanol–water partition coefficient (Wildman–Crippen LogP) is 4.38. The number of hydrogen-bond acceptors (Lipinski definition) is 1. The van der Waals surface area contributed by atoms with Crippen LogP contribution in [0, 0.1) is 3.57 Å². The molecule has 0 heterocycles. The van der Waals surface area contributed by atoms with Crippen molar-refractivity contribution in [2.45, 2.75) is 6.54 Å². The average Bonchev–Trinajstić information content (AvgIpc) is 2.40. The van der Waals surface area contributed by atoms with Crippen LogP contribution in [0.3, 0.4) is 0 Å². The lowest BCUT2D eigenvalue weighted by molar-refractivity contribution is 0.251. The van der Waals surface area contributed by atoms with Gasteiger partial charge in [-0.1, -0.05) is 34.1 Å². The van der Waals surface area contributed by atoms with E-state index < -0.39 is 0 Å². The van der Waals surface area contributed by atoms with E-state index in [-0.39, 0.29) is 6.03 Å². The summed E-state index contributed by atoms with van der Waals surface area (Å²) < 4.78 is 2.13. The Hall–Kier alpha value is -1.08. The molecule has 0 unspecified atom stereocenters. The molecule has 2 aromatic carbocycles. The minimum Gasteiger partial charge on any atom is -0.334 e. The van der Waals surface area contributed by atoms with Crippen LogP contribution in [0.25, 0.3) is 0 Å². The van der Waals surface area contributed by atoms with E-state index in [0.29, 0.717) is 6.54 Å². The van der Waals surface area contributed by atoms with Gasteiger partial charge in [0.15, 0.2) is 0 Å². The third-order valence-corrected chi connectivity index (χ3v) is 3.99. The third kappa shape index (κ3) is 4.50. The standard InChI is InChI=1S/C14H12BrIN2O/c15-13-4-2-1-3-10(13)9-17-14(19)18-12-7-5-11(16)6-8-12/h1-8H,9H2,(H2,17,18,19). The quantitative estimate of drug-likeness (QED) is 0.697. The number of anilines is 1. The first-order valence-electron chi connectivity index (χ1n) is 5.69. The summed E-state index contributed by atoms with van der Waals surface area (Å²) in [6.45, 7) is 0.484. The second-order valence-electron chi connectivity index (χ2n) is 3.91. The van der Waals surface area contributed by atoms with E-state index in [1.807, 2.05) is 48.5 Å². The minimum absolute atomic E-state index is 0.211. The predicted molar refractivity (Wildman–Crippen MR) is 89.2 cm³/mol. The molecule has 2 amide bonds. The maximum Gasteiger partial charge on any atom is 0.319 e. The molecular weight excluding hydrogens is 419 g/mol. The van der Waals surface area contributed by atoms with Gasteiger partial charge in [-0.05, 0) is 58.5 Å². The van der Waals surface area contributed by atoms with Gasteiger partial charge in [-0.2, -0.15) is 0 Å². The summed E-state index contributed by atoms with van der Waals surface area (Å²) in [5.41, 5.74) is 1.82. The Morgan fingerprint density at radius 3 is 2.47 bits per heavy atom. The summed E-state index contributed by atoms with van der Waals surface area (Å²) in [4.78, 5) is 11.7. The van der Waals surface area contributed by atoms with E-state index in [1.165, 1.54) is 0 Å². The Bertz CT molecular complexity index is 572. The number of carbonyl (C=O) groups excluding carboxylic acids is 1. The van der Waals surface area contributed by atoms with Gasteiger partial charge in [-0.25, -0.2) is 4.79 Å². The molecule has 0 aliphatic carbocycles. The highest BCUT2D eigenvalue weighted by Crippen LogP contribution is 2.15. The van der Waals surface area contributed by atoms with Crippen LogP contribution in [0.1, 0.15) is 5.56 Å². The van der Waals surface area contributed by atoms with E-state index in [2.05, 4.69) is 49.2 Å². The number of hydrogen-bond donors (Lipinski definition) is 2. The van der Waals surface area contributed by atoms with Crippen molar-refractivity contribution in [3.8, 4) is 0 Å². The van der Waals surface area contributed by atoms with E-state index in [1.54, 1.807) is 0 Å². The largest absolute Gasteiger partial charge is 0.334 e. The van der Waals surface area contributed by atoms with Crippen LogP contribution in [-0.2, 0) is 6.54 Å². The number of benzene rings is 2. The van der Waals surface area contributed by atoms with Crippen molar-refractivity contribution in [2.75, 3.05) is 5.32 Å². The fourth-order valence-electron chi connectivity index (χ4n) is 1.53. The number of rotatable bonds is 3. The normalized spacial score (nSPS) is 10.0. The Morgan fingerprint density at radius 2 is 1.79 bits per heavy atom. The molecule has 2 aromatic rings. The topological polar surface area (TPSA) is 41.1 Å². The van der Waals surface area contributed by atoms with Crippen molar-refractivity contribution in [1.29, 1.82) is 0 Å². The third-order valence-electron chi connectivity index (χ3n) is 2.50. The molecular formula is C14H12BrIN2O. The fraction of sp³-hybridized carbons (Fsp3) is 0.0714. The van der Waals surface area contributed by atoms with Gasteiger partial charge >= 0.3 is 6.03 Å². The van der Waals surface area contributed by atoms with Crippen molar-refractivity contribution >= 4 is 50.2 Å². The number of halogens is 2. The van der Waals surface area contributed by atoms with Crippen LogP contribution in [-0.4, -0.2) is 6.03 Å². The summed E-state index contributed by atoms with van der Waals surface area (Å²) in [6, 6.07) is 15.2. The van der Waals surface area contributed by atoms with Crippen LogP contribution in [0.4, 0.5) is 10.5 Å². The Balaban J connectivity index is 1.88. The fourth-order valence-corrected chi connectivity index (χ4v) is 2.31. The Morgan fingerprint density at radius 1 is 1.11 bits per heavy atom. The molecule has 0 atom stereocenters. The van der Waals surface area contributed by atoms with E-state index in [0.717, 1.165) is 19.3 Å². The first-order chi connectivity index (χ1) is 9.15. The molecule has 0 radical (unpaired) electrons. The van der Waals surface area contributed by atoms with E-state index in [4.69, 9.17) is 0 Å². The van der Waals surface area contributed by atoms with Crippen molar-refractivity contribution in [1.82, 2.24) is 5.32 Å². The molecule has 5 heteroatoms. The van der Waals surface area contributed by atoms with Crippen LogP contribution in [0.15, 0.2) is 53.0 Å². The van der Waals surface area contributed by atoms with Gasteiger partial charge in [0.1, 0.15) is 0 Å². The van der Waals surface area contributed by atoms with Crippen molar-refractivity contribution in [2.24, 2.45) is 0 Å². The van der Waals surface area contributed by atoms with Crippen LogP contribution in [0.5, 0.6) is 0 Å². The highest BCUT2D eigenvalue weighted by Gasteiger charge is 2.03. The van der Waals surface area contributed by atoms with Crippen LogP contribution >= 0.6 is 38.5 Å². The van der Waals surface area contributed by atoms with Gasteiger partial charge in [-0.15, -0.1) is 0 Å². The summed E-state index contributed by atoms with van der Waals surface area (Å²) in [5.74, 6) is 0. The number of nitrogens with one attached hydrogen (secondary N) is 2. The van der Waals surface area contributed by atoms with Crippen LogP contribution < -0.4 is 10.6 Å². The van der Waals surface area contributed by atoms with Gasteiger partial charge in [0, 0.05) is 20.3 Å². The lowest BCUT2D eigenvalue weighted by Gasteiger charge is -2.08. The molecule has 0 fully saturated rings. The van der Waals surface area contributed by atoms with Crippen LogP contribution in [0.2, 0.25) is 0 Å². The average molecular weight is 431 g/mol. The lowest BCUT2D eigenvalue weighted by Crippen LogP contribution is -2.28. The second kappa shape index (κ2) is 6.91.